The molecule has 0 fully saturated rings. The van der Waals surface area contributed by atoms with Gasteiger partial charge in [-0.15, -0.1) is 11.3 Å². The lowest BCUT2D eigenvalue weighted by Crippen LogP contribution is -1.96. The molecule has 9 rings (SSSR count). The van der Waals surface area contributed by atoms with Crippen molar-refractivity contribution in [2.75, 3.05) is 0 Å². The van der Waals surface area contributed by atoms with Gasteiger partial charge in [0.25, 0.3) is 0 Å². The van der Waals surface area contributed by atoms with Gasteiger partial charge in [0, 0.05) is 39.3 Å². The summed E-state index contributed by atoms with van der Waals surface area (Å²) in [6, 6.07) is 38.7. The third kappa shape index (κ3) is 2.82. The van der Waals surface area contributed by atoms with Crippen molar-refractivity contribution >= 4 is 75.3 Å². The van der Waals surface area contributed by atoms with Gasteiger partial charge in [-0.3, -0.25) is 9.55 Å². The maximum Gasteiger partial charge on any atom is 0.138 e. The Kier molecular flexibility index (Phi) is 4.18. The van der Waals surface area contributed by atoms with Gasteiger partial charge in [0.15, 0.2) is 0 Å². The number of pyridine rings is 2. The average Bonchev–Trinajstić information content (AvgIpc) is 3.65. The Morgan fingerprint density at radius 3 is 1.59 bits per heavy atom. The Morgan fingerprint density at radius 1 is 0.513 bits per heavy atom. The second-order valence-corrected chi connectivity index (χ2v) is 10.9. The van der Waals surface area contributed by atoms with Crippen LogP contribution in [0.2, 0.25) is 0 Å². The third-order valence-corrected chi connectivity index (χ3v) is 8.99. The average molecular weight is 517 g/mol. The summed E-state index contributed by atoms with van der Waals surface area (Å²) < 4.78 is 6.95. The van der Waals surface area contributed by atoms with E-state index in [0.29, 0.717) is 0 Å². The lowest BCUT2D eigenvalue weighted by molar-refractivity contribution is 1.09. The number of nitrogens with zero attached hydrogens (tertiary/aromatic N) is 4. The molecule has 4 nitrogen and oxygen atoms in total. The summed E-state index contributed by atoms with van der Waals surface area (Å²) in [5.41, 5.74) is 6.88. The highest BCUT2D eigenvalue weighted by Gasteiger charge is 2.18. The highest BCUT2D eigenvalue weighted by Crippen LogP contribution is 2.40. The minimum absolute atomic E-state index is 0.906. The maximum atomic E-state index is 4.98. The summed E-state index contributed by atoms with van der Waals surface area (Å²) in [6.07, 6.45) is 3.95. The summed E-state index contributed by atoms with van der Waals surface area (Å²) in [6.45, 7) is 0. The Bertz CT molecular complexity index is 2300. The predicted molar refractivity (Wildman–Crippen MR) is 164 cm³/mol. The highest BCUT2D eigenvalue weighted by molar-refractivity contribution is 7.26. The minimum atomic E-state index is 0.906. The Labute approximate surface area is 227 Å². The SMILES string of the molecule is c1ccc2c(c1)c1ccccc1n2-c1cc2c(cn1)sc1c(-n3c4ccccc4c4ccccc43)ccnc12. The zero-order chi connectivity index (χ0) is 25.5. The molecule has 0 atom stereocenters. The molecular weight excluding hydrogens is 496 g/mol. The van der Waals surface area contributed by atoms with Crippen LogP contribution in [0.25, 0.3) is 75.4 Å². The molecule has 5 heteroatoms. The normalized spacial score (nSPS) is 12.1. The number of rotatable bonds is 2. The molecule has 0 unspecified atom stereocenters. The van der Waals surface area contributed by atoms with Gasteiger partial charge in [0.2, 0.25) is 0 Å². The summed E-state index contributed by atoms with van der Waals surface area (Å²) in [5, 5.41) is 6.11. The molecule has 0 saturated heterocycles. The van der Waals surface area contributed by atoms with Crippen molar-refractivity contribution in [3.05, 3.63) is 122 Å². The number of thiophene rings is 1. The molecule has 0 aliphatic rings. The number of hydrogen-bond acceptors (Lipinski definition) is 3. The van der Waals surface area contributed by atoms with Crippen molar-refractivity contribution in [3.63, 3.8) is 0 Å². The van der Waals surface area contributed by atoms with Crippen LogP contribution in [-0.2, 0) is 0 Å². The van der Waals surface area contributed by atoms with E-state index in [2.05, 4.69) is 118 Å². The maximum absolute atomic E-state index is 4.98. The fraction of sp³-hybridized carbons (Fsp3) is 0. The van der Waals surface area contributed by atoms with Gasteiger partial charge >= 0.3 is 0 Å². The monoisotopic (exact) mass is 516 g/mol. The largest absolute Gasteiger partial charge is 0.308 e. The first kappa shape index (κ1) is 21.0. The molecule has 0 aliphatic carbocycles. The molecule has 0 aliphatic heterocycles. The first-order valence-electron chi connectivity index (χ1n) is 13.0. The van der Waals surface area contributed by atoms with Crippen molar-refractivity contribution < 1.29 is 0 Å². The summed E-state index contributed by atoms with van der Waals surface area (Å²) in [5.74, 6) is 0.906. The highest BCUT2D eigenvalue weighted by atomic mass is 32.1. The van der Waals surface area contributed by atoms with Crippen LogP contribution in [0.5, 0.6) is 0 Å². The molecule has 0 amide bonds. The number of benzene rings is 4. The second kappa shape index (κ2) is 7.76. The van der Waals surface area contributed by atoms with Gasteiger partial charge in [-0.05, 0) is 36.4 Å². The molecule has 5 heterocycles. The second-order valence-electron chi connectivity index (χ2n) is 9.89. The van der Waals surface area contributed by atoms with E-state index in [1.807, 2.05) is 12.4 Å². The molecule has 0 N–H and O–H groups in total. The van der Waals surface area contributed by atoms with Crippen LogP contribution in [0.15, 0.2) is 122 Å². The Balaban J connectivity index is 1.34. The molecule has 0 saturated carbocycles. The van der Waals surface area contributed by atoms with Gasteiger partial charge in [-0.2, -0.15) is 0 Å². The van der Waals surface area contributed by atoms with Crippen LogP contribution in [0.4, 0.5) is 0 Å². The standard InChI is InChI=1S/C34H20N4S/c1-5-13-26-21(9-1)22-10-2-6-14-27(22)37(26)30-17-18-35-33-25-19-32(36-20-31(25)39-34(30)33)38-28-15-7-3-11-23(28)24-12-4-8-16-29(24)38/h1-20H. The van der Waals surface area contributed by atoms with Crippen LogP contribution in [0.1, 0.15) is 0 Å². The van der Waals surface area contributed by atoms with E-state index in [-0.39, 0.29) is 0 Å². The van der Waals surface area contributed by atoms with E-state index >= 15 is 0 Å². The lowest BCUT2D eigenvalue weighted by atomic mass is 10.2. The number of hydrogen-bond donors (Lipinski definition) is 0. The van der Waals surface area contributed by atoms with E-state index < -0.39 is 0 Å². The van der Waals surface area contributed by atoms with Gasteiger partial charge < -0.3 is 4.57 Å². The topological polar surface area (TPSA) is 35.6 Å². The van der Waals surface area contributed by atoms with Gasteiger partial charge in [-0.25, -0.2) is 4.98 Å². The van der Waals surface area contributed by atoms with E-state index in [1.54, 1.807) is 11.3 Å². The smallest absolute Gasteiger partial charge is 0.138 e. The number of fused-ring (bicyclic) bond motifs is 9. The van der Waals surface area contributed by atoms with Crippen LogP contribution >= 0.6 is 11.3 Å². The first-order chi connectivity index (χ1) is 19.4. The minimum Gasteiger partial charge on any atom is -0.308 e. The molecule has 182 valence electrons. The molecule has 0 radical (unpaired) electrons. The van der Waals surface area contributed by atoms with Crippen LogP contribution < -0.4 is 0 Å². The molecule has 39 heavy (non-hydrogen) atoms. The zero-order valence-corrected chi connectivity index (χ0v) is 21.6. The van der Waals surface area contributed by atoms with Gasteiger partial charge in [0.1, 0.15) is 5.82 Å². The molecule has 5 aromatic heterocycles. The van der Waals surface area contributed by atoms with Crippen molar-refractivity contribution in [2.24, 2.45) is 0 Å². The first-order valence-corrected chi connectivity index (χ1v) is 13.8. The number of aromatic nitrogens is 4. The van der Waals surface area contributed by atoms with Crippen LogP contribution in [-0.4, -0.2) is 19.1 Å². The molecule has 4 aromatic carbocycles. The van der Waals surface area contributed by atoms with Crippen molar-refractivity contribution in [1.29, 1.82) is 0 Å². The van der Waals surface area contributed by atoms with Crippen molar-refractivity contribution in [1.82, 2.24) is 19.1 Å². The molecule has 0 bridgehead atoms. The fourth-order valence-electron chi connectivity index (χ4n) is 6.19. The lowest BCUT2D eigenvalue weighted by Gasteiger charge is -2.09. The summed E-state index contributed by atoms with van der Waals surface area (Å²) in [7, 11) is 0. The molecular formula is C34H20N4S. The van der Waals surface area contributed by atoms with Crippen LogP contribution in [0, 0.1) is 0 Å². The summed E-state index contributed by atoms with van der Waals surface area (Å²) in [4.78, 5) is 9.88. The molecule has 0 spiro atoms. The molecule has 9 aromatic rings. The fourth-order valence-corrected chi connectivity index (χ4v) is 7.30. The Morgan fingerprint density at radius 2 is 1.03 bits per heavy atom. The zero-order valence-electron chi connectivity index (χ0n) is 20.7. The van der Waals surface area contributed by atoms with E-state index in [4.69, 9.17) is 9.97 Å². The van der Waals surface area contributed by atoms with E-state index in [1.165, 1.54) is 37.3 Å². The van der Waals surface area contributed by atoms with Crippen LogP contribution in [0.3, 0.4) is 0 Å². The third-order valence-electron chi connectivity index (χ3n) is 7.83. The van der Waals surface area contributed by atoms with Gasteiger partial charge in [0.05, 0.1) is 42.7 Å². The van der Waals surface area contributed by atoms with Gasteiger partial charge in [-0.1, -0.05) is 72.8 Å². The number of para-hydroxylation sites is 4. The van der Waals surface area contributed by atoms with Crippen molar-refractivity contribution in [3.8, 4) is 11.5 Å². The Hall–Kier alpha value is -5.00. The van der Waals surface area contributed by atoms with Crippen molar-refractivity contribution in [2.45, 2.75) is 0 Å². The summed E-state index contributed by atoms with van der Waals surface area (Å²) >= 11 is 1.76. The quantitative estimate of drug-likeness (QED) is 0.230. The van der Waals surface area contributed by atoms with E-state index in [0.717, 1.165) is 38.1 Å². The predicted octanol–water partition coefficient (Wildman–Crippen LogP) is 9.04. The van der Waals surface area contributed by atoms with E-state index in [9.17, 15) is 0 Å².